The Bertz CT molecular complexity index is 2240. The van der Waals surface area contributed by atoms with Gasteiger partial charge in [-0.15, -0.1) is 0 Å². The van der Waals surface area contributed by atoms with Gasteiger partial charge >= 0.3 is 0 Å². The van der Waals surface area contributed by atoms with Crippen LogP contribution in [0.5, 0.6) is 0 Å². The Morgan fingerprint density at radius 1 is 0.477 bits per heavy atom. The van der Waals surface area contributed by atoms with Crippen molar-refractivity contribution >= 4 is 62.6 Å². The topological polar surface area (TPSA) is 3.24 Å². The minimum Gasteiger partial charge on any atom is -0.310 e. The first kappa shape index (κ1) is 26.9. The number of anilines is 3. The number of fused-ring (bicyclic) bond motifs is 10. The first-order valence-electron chi connectivity index (χ1n) is 15.7. The molecule has 0 heterocycles. The Kier molecular flexibility index (Phi) is 5.92. The monoisotopic (exact) mass is 583 g/mol. The second-order valence-corrected chi connectivity index (χ2v) is 18.8. The quantitative estimate of drug-likeness (QED) is 0.147. The van der Waals surface area contributed by atoms with Crippen LogP contribution in [0.3, 0.4) is 0 Å². The third kappa shape index (κ3) is 3.84. The zero-order chi connectivity index (χ0) is 30.2. The summed E-state index contributed by atoms with van der Waals surface area (Å²) in [7, 11) is -1.68. The average molecular weight is 584 g/mol. The van der Waals surface area contributed by atoms with Gasteiger partial charge in [-0.1, -0.05) is 143 Å². The highest BCUT2D eigenvalue weighted by molar-refractivity contribution is 6.89. The van der Waals surface area contributed by atoms with Gasteiger partial charge in [0.25, 0.3) is 0 Å². The van der Waals surface area contributed by atoms with Crippen molar-refractivity contribution < 1.29 is 0 Å². The van der Waals surface area contributed by atoms with Gasteiger partial charge in [0.05, 0.1) is 13.8 Å². The van der Waals surface area contributed by atoms with E-state index in [0.717, 1.165) is 0 Å². The first-order valence-corrected chi connectivity index (χ1v) is 19.2. The van der Waals surface area contributed by atoms with E-state index >= 15 is 0 Å². The molecule has 1 nitrogen and oxygen atoms in total. The van der Waals surface area contributed by atoms with Crippen LogP contribution >= 0.6 is 0 Å². The van der Waals surface area contributed by atoms with Crippen molar-refractivity contribution in [1.29, 1.82) is 0 Å². The molecule has 0 saturated heterocycles. The molecule has 0 radical (unpaired) electrons. The van der Waals surface area contributed by atoms with Gasteiger partial charge in [-0.05, 0) is 78.6 Å². The third-order valence-electron chi connectivity index (χ3n) is 9.71. The minimum absolute atomic E-state index is 0.187. The highest BCUT2D eigenvalue weighted by Crippen LogP contribution is 2.58. The summed E-state index contributed by atoms with van der Waals surface area (Å²) in [6, 6.07) is 49.6. The number of hydrogen-bond acceptors (Lipinski definition) is 1. The normalized spacial score (nSPS) is 13.8. The molecule has 1 aliphatic rings. The molecule has 1 aliphatic carbocycles. The van der Waals surface area contributed by atoms with Crippen LogP contribution in [0.1, 0.15) is 25.0 Å². The van der Waals surface area contributed by atoms with Crippen LogP contribution < -0.4 is 10.1 Å². The summed E-state index contributed by atoms with van der Waals surface area (Å²) in [5.74, 6) is 0. The van der Waals surface area contributed by atoms with Crippen LogP contribution in [-0.4, -0.2) is 8.07 Å². The van der Waals surface area contributed by atoms with Gasteiger partial charge in [0, 0.05) is 22.2 Å². The summed E-state index contributed by atoms with van der Waals surface area (Å²) in [5, 5.41) is 9.43. The maximum absolute atomic E-state index is 2.53. The number of rotatable bonds is 4. The lowest BCUT2D eigenvalue weighted by molar-refractivity contribution is 0.667. The molecule has 0 spiro atoms. The van der Waals surface area contributed by atoms with Crippen molar-refractivity contribution in [2.75, 3.05) is 4.90 Å². The number of hydrogen-bond donors (Lipinski definition) is 0. The Balaban J connectivity index is 1.53. The van der Waals surface area contributed by atoms with Crippen molar-refractivity contribution in [1.82, 2.24) is 0 Å². The fourth-order valence-corrected chi connectivity index (χ4v) is 9.34. The Morgan fingerprint density at radius 3 is 1.64 bits per heavy atom. The highest BCUT2D eigenvalue weighted by atomic mass is 28.3. The molecule has 0 N–H and O–H groups in total. The predicted octanol–water partition coefficient (Wildman–Crippen LogP) is 11.5. The number of para-hydroxylation sites is 2. The fraction of sp³-hybridized carbons (Fsp3) is 0.143. The van der Waals surface area contributed by atoms with Gasteiger partial charge in [0.1, 0.15) is 0 Å². The highest BCUT2D eigenvalue weighted by Gasteiger charge is 2.40. The lowest BCUT2D eigenvalue weighted by Gasteiger charge is -2.33. The predicted molar refractivity (Wildman–Crippen MR) is 194 cm³/mol. The van der Waals surface area contributed by atoms with Crippen molar-refractivity contribution in [3.8, 4) is 11.1 Å². The van der Waals surface area contributed by atoms with Crippen molar-refractivity contribution in [2.45, 2.75) is 38.9 Å². The molecule has 2 heteroatoms. The Morgan fingerprint density at radius 2 is 0.977 bits per heavy atom. The van der Waals surface area contributed by atoms with Gasteiger partial charge in [-0.2, -0.15) is 0 Å². The molecule has 214 valence electrons. The van der Waals surface area contributed by atoms with Crippen LogP contribution in [0.25, 0.3) is 43.4 Å². The fourth-order valence-electron chi connectivity index (χ4n) is 7.78. The summed E-state index contributed by atoms with van der Waals surface area (Å²) in [6.45, 7) is 12.2. The molecule has 7 aromatic rings. The zero-order valence-electron chi connectivity index (χ0n) is 26.1. The largest absolute Gasteiger partial charge is 0.310 e. The second-order valence-electron chi connectivity index (χ2n) is 13.8. The zero-order valence-corrected chi connectivity index (χ0v) is 27.1. The van der Waals surface area contributed by atoms with E-state index in [4.69, 9.17) is 0 Å². The van der Waals surface area contributed by atoms with Gasteiger partial charge < -0.3 is 4.90 Å². The minimum atomic E-state index is -1.68. The average Bonchev–Trinajstić information content (AvgIpc) is 3.28. The van der Waals surface area contributed by atoms with E-state index in [1.807, 2.05) is 0 Å². The molecular weight excluding hydrogens is 547 g/mol. The molecule has 44 heavy (non-hydrogen) atoms. The first-order chi connectivity index (χ1) is 21.3. The van der Waals surface area contributed by atoms with Gasteiger partial charge in [0.15, 0.2) is 0 Å². The third-order valence-corrected chi connectivity index (χ3v) is 11.8. The molecule has 0 atom stereocenters. The summed E-state index contributed by atoms with van der Waals surface area (Å²) in [6.07, 6.45) is 0. The van der Waals surface area contributed by atoms with E-state index in [2.05, 4.69) is 172 Å². The van der Waals surface area contributed by atoms with Gasteiger partial charge in [0.2, 0.25) is 0 Å². The number of benzene rings is 7. The van der Waals surface area contributed by atoms with E-state index in [9.17, 15) is 0 Å². The molecule has 8 rings (SSSR count). The SMILES string of the molecule is CC1(C)c2cc(N(c3ccccc3)c3ccccc3[Si](C)(C)C)c3ccccc3c2-c2c1c1ccccc1c1ccccc21. The molecule has 0 bridgehead atoms. The molecule has 0 fully saturated rings. The Hall–Kier alpha value is -4.66. The standard InChI is InChI=1S/C42H37NSi/c1-42(2)35-27-37(43(28-17-7-6-8-18-28)36-25-15-16-26-38(36)44(3,4)5)31-21-11-13-23-33(31)39(35)40-32-22-12-9-19-29(32)30-20-10-14-24-34(30)41(40)42/h6-27H,1-5H3. The molecule has 0 aliphatic heterocycles. The van der Waals surface area contributed by atoms with Crippen LogP contribution in [0, 0.1) is 0 Å². The molecule has 0 amide bonds. The molecule has 0 aromatic heterocycles. The lowest BCUT2D eigenvalue weighted by atomic mass is 9.79. The summed E-state index contributed by atoms with van der Waals surface area (Å²) < 4.78 is 0. The van der Waals surface area contributed by atoms with Gasteiger partial charge in [-0.25, -0.2) is 0 Å². The van der Waals surface area contributed by atoms with E-state index in [1.165, 1.54) is 76.8 Å². The maximum atomic E-state index is 2.53. The smallest absolute Gasteiger partial charge is 0.0803 e. The molecule has 0 unspecified atom stereocenters. The van der Waals surface area contributed by atoms with Crippen molar-refractivity contribution in [3.63, 3.8) is 0 Å². The van der Waals surface area contributed by atoms with E-state index in [0.29, 0.717) is 0 Å². The maximum Gasteiger partial charge on any atom is 0.0803 e. The van der Waals surface area contributed by atoms with Gasteiger partial charge in [-0.3, -0.25) is 0 Å². The van der Waals surface area contributed by atoms with Crippen LogP contribution in [-0.2, 0) is 5.41 Å². The van der Waals surface area contributed by atoms with E-state index in [1.54, 1.807) is 0 Å². The summed E-state index contributed by atoms with van der Waals surface area (Å²) >= 11 is 0. The second kappa shape index (κ2) is 9.67. The van der Waals surface area contributed by atoms with Crippen LogP contribution in [0.2, 0.25) is 19.6 Å². The lowest BCUT2D eigenvalue weighted by Crippen LogP contribution is -2.40. The van der Waals surface area contributed by atoms with E-state index in [-0.39, 0.29) is 5.41 Å². The van der Waals surface area contributed by atoms with E-state index < -0.39 is 8.07 Å². The van der Waals surface area contributed by atoms with Crippen LogP contribution in [0.15, 0.2) is 133 Å². The van der Waals surface area contributed by atoms with Crippen molar-refractivity contribution in [3.05, 3.63) is 145 Å². The molecule has 7 aromatic carbocycles. The molecular formula is C42H37NSi. The number of nitrogens with zero attached hydrogens (tertiary/aromatic N) is 1. The van der Waals surface area contributed by atoms with Crippen molar-refractivity contribution in [2.24, 2.45) is 0 Å². The summed E-state index contributed by atoms with van der Waals surface area (Å²) in [5.41, 5.74) is 9.15. The Labute approximate surface area is 261 Å². The van der Waals surface area contributed by atoms with Crippen LogP contribution in [0.4, 0.5) is 17.1 Å². The molecule has 0 saturated carbocycles. The summed E-state index contributed by atoms with van der Waals surface area (Å²) in [4.78, 5) is 2.53.